The molecule has 1 aliphatic rings. The fourth-order valence-corrected chi connectivity index (χ4v) is 4.07. The van der Waals surface area contributed by atoms with E-state index in [1.807, 2.05) is 6.07 Å². The van der Waals surface area contributed by atoms with E-state index in [2.05, 4.69) is 50.2 Å². The predicted octanol–water partition coefficient (Wildman–Crippen LogP) is 3.91. The lowest BCUT2D eigenvalue weighted by Gasteiger charge is -2.18. The number of anilines is 1. The van der Waals surface area contributed by atoms with E-state index in [4.69, 9.17) is 0 Å². The van der Waals surface area contributed by atoms with E-state index in [9.17, 15) is 0 Å². The Balaban J connectivity index is 1.73. The molecule has 4 nitrogen and oxygen atoms in total. The number of nitrogens with zero attached hydrogens (tertiary/aromatic N) is 2. The van der Waals surface area contributed by atoms with Gasteiger partial charge in [0.15, 0.2) is 0 Å². The Kier molecular flexibility index (Phi) is 4.22. The molecule has 3 aromatic rings. The van der Waals surface area contributed by atoms with E-state index >= 15 is 0 Å². The van der Waals surface area contributed by atoms with Crippen LogP contribution in [0.1, 0.15) is 19.3 Å². The van der Waals surface area contributed by atoms with Crippen LogP contribution in [0.25, 0.3) is 21.3 Å². The maximum atomic E-state index is 4.55. The van der Waals surface area contributed by atoms with Crippen LogP contribution in [-0.4, -0.2) is 29.1 Å². The zero-order valence-corrected chi connectivity index (χ0v) is 13.8. The number of hydrogen-bond donors (Lipinski definition) is 2. The molecule has 2 N–H and O–H groups in total. The third-order valence-corrected chi connectivity index (χ3v) is 5.23. The lowest BCUT2D eigenvalue weighted by molar-refractivity contribution is 0.634. The quantitative estimate of drug-likeness (QED) is 0.767. The smallest absolute Gasteiger partial charge is 0.139 e. The molecule has 2 aromatic heterocycles. The standard InChI is InChI=1S/C18H20N4S/c1-2-6-13(7-3-1)15-11-23-18-16(15)17(20-12-21-18)22-14-8-4-5-9-19-10-14/h1-3,6-7,11-12,14,19H,4-5,8-10H2,(H,20,21,22)/t14-/m0/s1. The number of thiophene rings is 1. The molecule has 0 amide bonds. The Labute approximate surface area is 140 Å². The first-order valence-corrected chi connectivity index (χ1v) is 9.04. The molecule has 23 heavy (non-hydrogen) atoms. The van der Waals surface area contributed by atoms with E-state index < -0.39 is 0 Å². The number of nitrogens with one attached hydrogen (secondary N) is 2. The molecule has 0 unspecified atom stereocenters. The monoisotopic (exact) mass is 324 g/mol. The van der Waals surface area contributed by atoms with Gasteiger partial charge in [-0.2, -0.15) is 0 Å². The lowest BCUT2D eigenvalue weighted by Crippen LogP contribution is -2.31. The zero-order valence-electron chi connectivity index (χ0n) is 13.0. The van der Waals surface area contributed by atoms with Crippen LogP contribution in [0, 0.1) is 0 Å². The average Bonchev–Trinajstić information content (AvgIpc) is 2.87. The van der Waals surface area contributed by atoms with Crippen molar-refractivity contribution in [3.05, 3.63) is 42.0 Å². The summed E-state index contributed by atoms with van der Waals surface area (Å²) in [5.74, 6) is 0.962. The van der Waals surface area contributed by atoms with Crippen LogP contribution in [-0.2, 0) is 0 Å². The van der Waals surface area contributed by atoms with Gasteiger partial charge in [0.05, 0.1) is 5.39 Å². The number of rotatable bonds is 3. The van der Waals surface area contributed by atoms with Crippen LogP contribution in [0.2, 0.25) is 0 Å². The third-order valence-electron chi connectivity index (χ3n) is 4.34. The van der Waals surface area contributed by atoms with E-state index in [0.717, 1.165) is 29.1 Å². The molecule has 1 fully saturated rings. The Bertz CT molecular complexity index is 776. The molecule has 1 atom stereocenters. The van der Waals surface area contributed by atoms with Gasteiger partial charge >= 0.3 is 0 Å². The van der Waals surface area contributed by atoms with Gasteiger partial charge in [-0.3, -0.25) is 0 Å². The minimum atomic E-state index is 0.430. The van der Waals surface area contributed by atoms with Crippen LogP contribution in [0.5, 0.6) is 0 Å². The first-order valence-electron chi connectivity index (χ1n) is 8.17. The minimum absolute atomic E-state index is 0.430. The van der Waals surface area contributed by atoms with E-state index in [0.29, 0.717) is 6.04 Å². The van der Waals surface area contributed by atoms with Crippen molar-refractivity contribution in [2.24, 2.45) is 0 Å². The summed E-state index contributed by atoms with van der Waals surface area (Å²) in [6, 6.07) is 10.9. The highest BCUT2D eigenvalue weighted by atomic mass is 32.1. The van der Waals surface area contributed by atoms with Crippen LogP contribution < -0.4 is 10.6 Å². The van der Waals surface area contributed by atoms with Crippen LogP contribution in [0.4, 0.5) is 5.82 Å². The molecule has 1 aromatic carbocycles. The second-order valence-electron chi connectivity index (χ2n) is 5.96. The van der Waals surface area contributed by atoms with Crippen LogP contribution in [0.15, 0.2) is 42.0 Å². The van der Waals surface area contributed by atoms with Crippen molar-refractivity contribution in [3.8, 4) is 11.1 Å². The van der Waals surface area contributed by atoms with Crippen molar-refractivity contribution < 1.29 is 0 Å². The third kappa shape index (κ3) is 3.07. The van der Waals surface area contributed by atoms with Gasteiger partial charge in [0.2, 0.25) is 0 Å². The minimum Gasteiger partial charge on any atom is -0.365 e. The van der Waals surface area contributed by atoms with Gasteiger partial charge < -0.3 is 10.6 Å². The Morgan fingerprint density at radius 3 is 2.96 bits per heavy atom. The second kappa shape index (κ2) is 6.64. The highest BCUT2D eigenvalue weighted by Crippen LogP contribution is 2.36. The molecule has 0 aliphatic carbocycles. The van der Waals surface area contributed by atoms with Gasteiger partial charge in [0, 0.05) is 23.5 Å². The van der Waals surface area contributed by atoms with Crippen LogP contribution >= 0.6 is 11.3 Å². The summed E-state index contributed by atoms with van der Waals surface area (Å²) in [5, 5.41) is 10.5. The summed E-state index contributed by atoms with van der Waals surface area (Å²) in [6.45, 7) is 2.11. The molecular formula is C18H20N4S. The molecule has 5 heteroatoms. The number of fused-ring (bicyclic) bond motifs is 1. The fraction of sp³-hybridized carbons (Fsp3) is 0.333. The normalized spacial score (nSPS) is 18.7. The molecule has 3 heterocycles. The molecule has 1 aliphatic heterocycles. The Morgan fingerprint density at radius 2 is 2.04 bits per heavy atom. The summed E-state index contributed by atoms with van der Waals surface area (Å²) in [6.07, 6.45) is 5.36. The molecule has 0 bridgehead atoms. The highest BCUT2D eigenvalue weighted by molar-refractivity contribution is 7.17. The summed E-state index contributed by atoms with van der Waals surface area (Å²) in [5.41, 5.74) is 2.44. The molecule has 1 saturated heterocycles. The van der Waals surface area contributed by atoms with Gasteiger partial charge in [-0.15, -0.1) is 11.3 Å². The highest BCUT2D eigenvalue weighted by Gasteiger charge is 2.17. The average molecular weight is 324 g/mol. The van der Waals surface area contributed by atoms with Gasteiger partial charge in [0.1, 0.15) is 17.0 Å². The summed E-state index contributed by atoms with van der Waals surface area (Å²) >= 11 is 1.68. The number of aromatic nitrogens is 2. The number of benzene rings is 1. The Hall–Kier alpha value is -1.98. The maximum absolute atomic E-state index is 4.55. The van der Waals surface area contributed by atoms with Crippen molar-refractivity contribution in [3.63, 3.8) is 0 Å². The Morgan fingerprint density at radius 1 is 1.13 bits per heavy atom. The van der Waals surface area contributed by atoms with Gasteiger partial charge in [-0.25, -0.2) is 9.97 Å². The van der Waals surface area contributed by atoms with Crippen molar-refractivity contribution >= 4 is 27.4 Å². The second-order valence-corrected chi connectivity index (χ2v) is 6.82. The molecule has 4 rings (SSSR count). The predicted molar refractivity (Wildman–Crippen MR) is 97.0 cm³/mol. The summed E-state index contributed by atoms with van der Waals surface area (Å²) < 4.78 is 0. The first kappa shape index (κ1) is 14.6. The maximum Gasteiger partial charge on any atom is 0.139 e. The topological polar surface area (TPSA) is 49.8 Å². The van der Waals surface area contributed by atoms with Gasteiger partial charge in [0.25, 0.3) is 0 Å². The zero-order chi connectivity index (χ0) is 15.5. The number of hydrogen-bond acceptors (Lipinski definition) is 5. The van der Waals surface area contributed by atoms with E-state index in [1.165, 1.54) is 30.4 Å². The van der Waals surface area contributed by atoms with Crippen molar-refractivity contribution in [2.45, 2.75) is 25.3 Å². The largest absolute Gasteiger partial charge is 0.365 e. The van der Waals surface area contributed by atoms with E-state index in [1.54, 1.807) is 17.7 Å². The fourth-order valence-electron chi connectivity index (χ4n) is 3.15. The molecule has 0 spiro atoms. The summed E-state index contributed by atoms with van der Waals surface area (Å²) in [7, 11) is 0. The van der Waals surface area contributed by atoms with Crippen molar-refractivity contribution in [1.82, 2.24) is 15.3 Å². The van der Waals surface area contributed by atoms with Crippen molar-refractivity contribution in [2.75, 3.05) is 18.4 Å². The molecular weight excluding hydrogens is 304 g/mol. The lowest BCUT2D eigenvalue weighted by atomic mass is 10.1. The first-order chi connectivity index (χ1) is 11.4. The molecule has 0 saturated carbocycles. The summed E-state index contributed by atoms with van der Waals surface area (Å²) in [4.78, 5) is 10.0. The molecule has 118 valence electrons. The van der Waals surface area contributed by atoms with Gasteiger partial charge in [-0.1, -0.05) is 36.8 Å². The van der Waals surface area contributed by atoms with Crippen LogP contribution in [0.3, 0.4) is 0 Å². The van der Waals surface area contributed by atoms with E-state index in [-0.39, 0.29) is 0 Å². The van der Waals surface area contributed by atoms with Gasteiger partial charge in [-0.05, 0) is 24.9 Å². The van der Waals surface area contributed by atoms with Crippen molar-refractivity contribution in [1.29, 1.82) is 0 Å². The SMILES string of the molecule is c1ccc(-c2csc3ncnc(N[C@H]4CCCCNC4)c23)cc1. The molecule has 0 radical (unpaired) electrons.